The van der Waals surface area contributed by atoms with Gasteiger partial charge in [-0.25, -0.2) is 9.98 Å². The molecule has 0 atom stereocenters. The molecule has 1 rings (SSSR count). The summed E-state index contributed by atoms with van der Waals surface area (Å²) in [4.78, 5) is 7.64. The molecule has 0 aliphatic heterocycles. The quantitative estimate of drug-likeness (QED) is 0.643. The molecule has 0 radical (unpaired) electrons. The summed E-state index contributed by atoms with van der Waals surface area (Å²) in [5, 5.41) is 0. The molecule has 0 saturated heterocycles. The minimum Gasteiger partial charge on any atom is -0.462 e. The van der Waals surface area contributed by atoms with Gasteiger partial charge in [-0.1, -0.05) is 0 Å². The summed E-state index contributed by atoms with van der Waals surface area (Å²) >= 11 is 0. The molecule has 66 valence electrons. The Bertz CT molecular complexity index is 332. The van der Waals surface area contributed by atoms with Crippen molar-refractivity contribution < 1.29 is 4.42 Å². The van der Waals surface area contributed by atoms with Crippen molar-refractivity contribution in [1.82, 2.24) is 0 Å². The Morgan fingerprint density at radius 3 is 1.92 bits per heavy atom. The highest BCUT2D eigenvalue weighted by atomic mass is 16.3. The Balaban J connectivity index is 2.62. The summed E-state index contributed by atoms with van der Waals surface area (Å²) in [6, 6.07) is 3.71. The summed E-state index contributed by atoms with van der Waals surface area (Å²) in [5.41, 5.74) is 0. The van der Waals surface area contributed by atoms with Crippen LogP contribution in [0.25, 0.3) is 0 Å². The van der Waals surface area contributed by atoms with E-state index in [9.17, 15) is 0 Å². The molecule has 3 heteroatoms. The average molecular weight is 174 g/mol. The second-order valence-electron chi connectivity index (χ2n) is 2.32. The summed E-state index contributed by atoms with van der Waals surface area (Å²) < 4.78 is 5.36. The fourth-order valence-electron chi connectivity index (χ4n) is 0.860. The van der Waals surface area contributed by atoms with Crippen molar-refractivity contribution >= 4 is 11.7 Å². The SMILES string of the molecule is C=C=NCc1ccc(CN=C=C)o1. The van der Waals surface area contributed by atoms with Crippen molar-refractivity contribution in [3.63, 3.8) is 0 Å². The lowest BCUT2D eigenvalue weighted by atomic mass is 10.4. The fraction of sp³-hybridized carbons (Fsp3) is 0.200. The standard InChI is InChI=1S/C10H10N2O/c1-3-11-7-9-5-6-10(13-9)8-12-4-2/h5-6H,1-2,7-8H2. The van der Waals surface area contributed by atoms with Gasteiger partial charge in [-0.2, -0.15) is 0 Å². The van der Waals surface area contributed by atoms with Gasteiger partial charge in [-0.05, 0) is 37.0 Å². The number of hydrogen-bond donors (Lipinski definition) is 0. The van der Waals surface area contributed by atoms with Crippen LogP contribution < -0.4 is 0 Å². The molecule has 0 bridgehead atoms. The molecule has 0 amide bonds. The van der Waals surface area contributed by atoms with E-state index in [2.05, 4.69) is 34.9 Å². The van der Waals surface area contributed by atoms with Crippen LogP contribution in [0.15, 0.2) is 39.7 Å². The van der Waals surface area contributed by atoms with Crippen LogP contribution in [0.1, 0.15) is 11.5 Å². The van der Waals surface area contributed by atoms with Crippen LogP contribution in [-0.2, 0) is 13.1 Å². The molecule has 0 saturated carbocycles. The van der Waals surface area contributed by atoms with E-state index in [1.807, 2.05) is 12.1 Å². The lowest BCUT2D eigenvalue weighted by Crippen LogP contribution is -1.76. The minimum absolute atomic E-state index is 0.474. The van der Waals surface area contributed by atoms with Gasteiger partial charge in [-0.15, -0.1) is 0 Å². The van der Waals surface area contributed by atoms with E-state index < -0.39 is 0 Å². The van der Waals surface area contributed by atoms with Crippen molar-refractivity contribution in [2.24, 2.45) is 9.98 Å². The van der Waals surface area contributed by atoms with Gasteiger partial charge in [0.2, 0.25) is 0 Å². The van der Waals surface area contributed by atoms with Crippen molar-refractivity contribution in [3.8, 4) is 0 Å². The van der Waals surface area contributed by atoms with Gasteiger partial charge in [0.25, 0.3) is 0 Å². The molecule has 0 aromatic carbocycles. The molecule has 1 heterocycles. The monoisotopic (exact) mass is 174 g/mol. The maximum atomic E-state index is 5.36. The molecule has 0 aliphatic rings. The lowest BCUT2D eigenvalue weighted by molar-refractivity contribution is 0.470. The third-order valence-electron chi connectivity index (χ3n) is 1.41. The van der Waals surface area contributed by atoms with Crippen LogP contribution in [0.2, 0.25) is 0 Å². The summed E-state index contributed by atoms with van der Waals surface area (Å²) in [6.07, 6.45) is 0. The van der Waals surface area contributed by atoms with Crippen LogP contribution in [0.5, 0.6) is 0 Å². The van der Waals surface area contributed by atoms with E-state index >= 15 is 0 Å². The topological polar surface area (TPSA) is 37.9 Å². The molecule has 0 aliphatic carbocycles. The molecule has 0 N–H and O–H groups in total. The first kappa shape index (κ1) is 9.27. The van der Waals surface area contributed by atoms with Gasteiger partial charge in [0.1, 0.15) is 24.6 Å². The van der Waals surface area contributed by atoms with Crippen molar-refractivity contribution in [2.45, 2.75) is 13.1 Å². The molecule has 13 heavy (non-hydrogen) atoms. The second-order valence-corrected chi connectivity index (χ2v) is 2.32. The summed E-state index contributed by atoms with van der Waals surface area (Å²) in [5.74, 6) is 6.44. The van der Waals surface area contributed by atoms with E-state index in [-0.39, 0.29) is 0 Å². The summed E-state index contributed by atoms with van der Waals surface area (Å²) in [6.45, 7) is 7.67. The van der Waals surface area contributed by atoms with Crippen molar-refractivity contribution in [3.05, 3.63) is 36.8 Å². The van der Waals surface area contributed by atoms with Crippen molar-refractivity contribution in [2.75, 3.05) is 0 Å². The highest BCUT2D eigenvalue weighted by Gasteiger charge is 1.98. The van der Waals surface area contributed by atoms with Gasteiger partial charge in [0, 0.05) is 0 Å². The number of nitrogens with zero attached hydrogens (tertiary/aromatic N) is 2. The number of rotatable bonds is 4. The first-order valence-corrected chi connectivity index (χ1v) is 3.81. The van der Waals surface area contributed by atoms with E-state index in [0.29, 0.717) is 13.1 Å². The maximum Gasteiger partial charge on any atom is 0.126 e. The van der Waals surface area contributed by atoms with Gasteiger partial charge in [0.15, 0.2) is 0 Å². The Labute approximate surface area is 76.8 Å². The van der Waals surface area contributed by atoms with Crippen LogP contribution in [-0.4, -0.2) is 11.7 Å². The third-order valence-corrected chi connectivity index (χ3v) is 1.41. The third kappa shape index (κ3) is 2.96. The normalized spacial score (nSPS) is 8.62. The predicted molar refractivity (Wildman–Crippen MR) is 52.2 cm³/mol. The zero-order valence-corrected chi connectivity index (χ0v) is 7.29. The maximum absolute atomic E-state index is 5.36. The van der Waals surface area contributed by atoms with Crippen LogP contribution in [0.3, 0.4) is 0 Å². The smallest absolute Gasteiger partial charge is 0.126 e. The van der Waals surface area contributed by atoms with E-state index in [4.69, 9.17) is 4.42 Å². The predicted octanol–water partition coefficient (Wildman–Crippen LogP) is 1.99. The molecule has 1 aromatic rings. The highest BCUT2D eigenvalue weighted by Crippen LogP contribution is 2.09. The zero-order chi connectivity index (χ0) is 9.52. The highest BCUT2D eigenvalue weighted by molar-refractivity contribution is 5.46. The Morgan fingerprint density at radius 1 is 1.08 bits per heavy atom. The molecular weight excluding hydrogens is 164 g/mol. The van der Waals surface area contributed by atoms with Gasteiger partial charge in [-0.3, -0.25) is 0 Å². The minimum atomic E-state index is 0.474. The Kier molecular flexibility index (Phi) is 3.52. The number of aliphatic imine (C=N–C) groups is 2. The number of furan rings is 1. The first-order chi connectivity index (χ1) is 6.36. The lowest BCUT2D eigenvalue weighted by Gasteiger charge is -1.88. The Hall–Kier alpha value is -1.82. The summed E-state index contributed by atoms with van der Waals surface area (Å²) in [7, 11) is 0. The first-order valence-electron chi connectivity index (χ1n) is 3.81. The average Bonchev–Trinajstić information content (AvgIpc) is 2.59. The Morgan fingerprint density at radius 2 is 1.54 bits per heavy atom. The van der Waals surface area contributed by atoms with Crippen LogP contribution in [0.4, 0.5) is 0 Å². The molecule has 1 aromatic heterocycles. The van der Waals surface area contributed by atoms with Gasteiger partial charge < -0.3 is 4.42 Å². The number of hydrogen-bond acceptors (Lipinski definition) is 3. The van der Waals surface area contributed by atoms with Crippen LogP contribution >= 0.6 is 0 Å². The molecule has 0 fully saturated rings. The fourth-order valence-corrected chi connectivity index (χ4v) is 0.860. The molecule has 0 unspecified atom stereocenters. The molecular formula is C10H10N2O. The van der Waals surface area contributed by atoms with Crippen molar-refractivity contribution in [1.29, 1.82) is 0 Å². The van der Waals surface area contributed by atoms with Crippen LogP contribution in [0, 0.1) is 0 Å². The second kappa shape index (κ2) is 4.94. The molecule has 3 nitrogen and oxygen atoms in total. The van der Waals surface area contributed by atoms with Gasteiger partial charge in [0.05, 0.1) is 0 Å². The van der Waals surface area contributed by atoms with E-state index in [1.54, 1.807) is 0 Å². The van der Waals surface area contributed by atoms with E-state index in [1.165, 1.54) is 0 Å². The van der Waals surface area contributed by atoms with Gasteiger partial charge >= 0.3 is 0 Å². The molecule has 0 spiro atoms. The van der Waals surface area contributed by atoms with E-state index in [0.717, 1.165) is 11.5 Å². The zero-order valence-electron chi connectivity index (χ0n) is 7.29. The largest absolute Gasteiger partial charge is 0.462 e.